The lowest BCUT2D eigenvalue weighted by Crippen LogP contribution is -2.42. The Bertz CT molecular complexity index is 263. The molecular weight excluding hydrogens is 220 g/mol. The Balaban J connectivity index is 2.54. The molecule has 0 bridgehead atoms. The van der Waals surface area contributed by atoms with Crippen LogP contribution < -0.4 is 5.73 Å². The van der Waals surface area contributed by atoms with Crippen LogP contribution >= 0.6 is 0 Å². The van der Waals surface area contributed by atoms with E-state index in [1.165, 1.54) is 0 Å². The van der Waals surface area contributed by atoms with Crippen molar-refractivity contribution in [3.05, 3.63) is 0 Å². The van der Waals surface area contributed by atoms with Gasteiger partial charge in [0.05, 0.1) is 6.61 Å². The van der Waals surface area contributed by atoms with Gasteiger partial charge in [-0.25, -0.2) is 4.79 Å². The summed E-state index contributed by atoms with van der Waals surface area (Å²) in [5, 5.41) is 8.95. The number of ether oxygens (including phenoxy) is 1. The summed E-state index contributed by atoms with van der Waals surface area (Å²) >= 11 is 0. The summed E-state index contributed by atoms with van der Waals surface area (Å²) in [6.07, 6.45) is 2.27. The molecule has 1 heterocycles. The van der Waals surface area contributed by atoms with E-state index in [-0.39, 0.29) is 24.8 Å². The Hall–Kier alpha value is -0.810. The summed E-state index contributed by atoms with van der Waals surface area (Å²) in [7, 11) is 0. The first-order valence-corrected chi connectivity index (χ1v) is 6.19. The van der Waals surface area contributed by atoms with Gasteiger partial charge < -0.3 is 20.5 Å². The zero-order valence-corrected chi connectivity index (χ0v) is 11.0. The van der Waals surface area contributed by atoms with Crippen LogP contribution in [0.15, 0.2) is 0 Å². The van der Waals surface area contributed by atoms with Gasteiger partial charge in [0.15, 0.2) is 0 Å². The minimum absolute atomic E-state index is 0.0430. The fourth-order valence-electron chi connectivity index (χ4n) is 2.07. The number of nitrogens with two attached hydrogens (primary N) is 1. The van der Waals surface area contributed by atoms with Crippen LogP contribution in [0.2, 0.25) is 0 Å². The standard InChI is InChI=1S/C12H24N2O3/c1-12(2,3)17-11(16)14-6-4-5-10(14)7-9(13)8-15/h9-10,15H,4-8,13H2,1-3H3/t9-,10+/m0/s1. The molecule has 1 fully saturated rings. The molecule has 0 aromatic carbocycles. The number of hydrogen-bond donors (Lipinski definition) is 2. The highest BCUT2D eigenvalue weighted by atomic mass is 16.6. The predicted octanol–water partition coefficient (Wildman–Crippen LogP) is 1.10. The zero-order valence-electron chi connectivity index (χ0n) is 11.0. The van der Waals surface area contributed by atoms with Crippen molar-refractivity contribution in [1.82, 2.24) is 4.90 Å². The number of nitrogens with zero attached hydrogens (tertiary/aromatic N) is 1. The van der Waals surface area contributed by atoms with Gasteiger partial charge in [0.1, 0.15) is 5.60 Å². The second-order valence-corrected chi connectivity index (χ2v) is 5.65. The van der Waals surface area contributed by atoms with Gasteiger partial charge in [0.25, 0.3) is 0 Å². The van der Waals surface area contributed by atoms with Crippen molar-refractivity contribution in [3.63, 3.8) is 0 Å². The zero-order chi connectivity index (χ0) is 13.1. The number of amides is 1. The average molecular weight is 244 g/mol. The predicted molar refractivity (Wildman–Crippen MR) is 65.6 cm³/mol. The monoisotopic (exact) mass is 244 g/mol. The lowest BCUT2D eigenvalue weighted by molar-refractivity contribution is 0.0211. The summed E-state index contributed by atoms with van der Waals surface area (Å²) in [5.41, 5.74) is 5.24. The number of aliphatic hydroxyl groups is 1. The summed E-state index contributed by atoms with van der Waals surface area (Å²) < 4.78 is 5.35. The molecule has 0 aromatic rings. The summed E-state index contributed by atoms with van der Waals surface area (Å²) in [6, 6.07) is -0.157. The van der Waals surface area contributed by atoms with Crippen LogP contribution in [0.25, 0.3) is 0 Å². The number of rotatable bonds is 3. The van der Waals surface area contributed by atoms with E-state index < -0.39 is 5.60 Å². The third-order valence-electron chi connectivity index (χ3n) is 2.81. The Morgan fingerprint density at radius 2 is 2.24 bits per heavy atom. The molecular formula is C12H24N2O3. The molecule has 1 rings (SSSR count). The van der Waals surface area contributed by atoms with Gasteiger partial charge >= 0.3 is 6.09 Å². The maximum Gasteiger partial charge on any atom is 0.410 e. The summed E-state index contributed by atoms with van der Waals surface area (Å²) in [6.45, 7) is 6.25. The molecule has 0 spiro atoms. The van der Waals surface area contributed by atoms with Crippen LogP contribution in [0.4, 0.5) is 4.79 Å². The minimum Gasteiger partial charge on any atom is -0.444 e. The molecule has 1 aliphatic rings. The Kier molecular flexibility index (Phi) is 4.77. The number of carbonyl (C=O) groups excluding carboxylic acids is 1. The molecule has 17 heavy (non-hydrogen) atoms. The fourth-order valence-corrected chi connectivity index (χ4v) is 2.07. The van der Waals surface area contributed by atoms with E-state index >= 15 is 0 Å². The molecule has 3 N–H and O–H groups in total. The third kappa shape index (κ3) is 4.52. The number of aliphatic hydroxyl groups excluding tert-OH is 1. The fraction of sp³-hybridized carbons (Fsp3) is 0.917. The highest BCUT2D eigenvalue weighted by molar-refractivity contribution is 5.68. The molecule has 1 saturated heterocycles. The molecule has 5 nitrogen and oxygen atoms in total. The van der Waals surface area contributed by atoms with Gasteiger partial charge in [-0.2, -0.15) is 0 Å². The highest BCUT2D eigenvalue weighted by Gasteiger charge is 2.32. The molecule has 5 heteroatoms. The van der Waals surface area contributed by atoms with Crippen molar-refractivity contribution < 1.29 is 14.6 Å². The van der Waals surface area contributed by atoms with E-state index in [1.807, 2.05) is 20.8 Å². The van der Waals surface area contributed by atoms with Crippen LogP contribution in [-0.4, -0.2) is 46.9 Å². The van der Waals surface area contributed by atoms with Gasteiger partial charge in [0.2, 0.25) is 0 Å². The molecule has 0 unspecified atom stereocenters. The van der Waals surface area contributed by atoms with E-state index in [0.717, 1.165) is 19.4 Å². The van der Waals surface area contributed by atoms with E-state index in [0.29, 0.717) is 6.42 Å². The smallest absolute Gasteiger partial charge is 0.410 e. The van der Waals surface area contributed by atoms with Crippen LogP contribution in [0.5, 0.6) is 0 Å². The van der Waals surface area contributed by atoms with Crippen molar-refractivity contribution >= 4 is 6.09 Å². The number of carbonyl (C=O) groups is 1. The SMILES string of the molecule is CC(C)(C)OC(=O)N1CCC[C@@H]1C[C@H](N)CO. The van der Waals surface area contributed by atoms with E-state index in [1.54, 1.807) is 4.90 Å². The Labute approximate surface area is 103 Å². The molecule has 100 valence electrons. The Morgan fingerprint density at radius 1 is 1.59 bits per heavy atom. The second-order valence-electron chi connectivity index (χ2n) is 5.65. The first-order valence-electron chi connectivity index (χ1n) is 6.19. The highest BCUT2D eigenvalue weighted by Crippen LogP contribution is 2.23. The largest absolute Gasteiger partial charge is 0.444 e. The second kappa shape index (κ2) is 5.69. The first kappa shape index (κ1) is 14.3. The lowest BCUT2D eigenvalue weighted by atomic mass is 10.1. The Morgan fingerprint density at radius 3 is 2.76 bits per heavy atom. The maximum absolute atomic E-state index is 11.9. The number of likely N-dealkylation sites (tertiary alicyclic amines) is 1. The first-order chi connectivity index (χ1) is 7.83. The van der Waals surface area contributed by atoms with Crippen LogP contribution in [0.3, 0.4) is 0 Å². The summed E-state index contributed by atoms with van der Waals surface area (Å²) in [4.78, 5) is 13.7. The van der Waals surface area contributed by atoms with Crippen molar-refractivity contribution in [2.45, 2.75) is 57.7 Å². The quantitative estimate of drug-likeness (QED) is 0.779. The lowest BCUT2D eigenvalue weighted by Gasteiger charge is -2.29. The molecule has 0 aliphatic carbocycles. The van der Waals surface area contributed by atoms with E-state index in [4.69, 9.17) is 15.6 Å². The van der Waals surface area contributed by atoms with Gasteiger partial charge in [-0.15, -0.1) is 0 Å². The molecule has 0 radical (unpaired) electrons. The van der Waals surface area contributed by atoms with Crippen LogP contribution in [-0.2, 0) is 4.74 Å². The van der Waals surface area contributed by atoms with Gasteiger partial charge in [0, 0.05) is 18.6 Å². The van der Waals surface area contributed by atoms with Crippen molar-refractivity contribution in [3.8, 4) is 0 Å². The van der Waals surface area contributed by atoms with E-state index in [9.17, 15) is 4.79 Å². The molecule has 0 saturated carbocycles. The van der Waals surface area contributed by atoms with Crippen molar-refractivity contribution in [2.75, 3.05) is 13.2 Å². The van der Waals surface area contributed by atoms with Crippen molar-refractivity contribution in [1.29, 1.82) is 0 Å². The normalized spacial score (nSPS) is 22.6. The van der Waals surface area contributed by atoms with Crippen LogP contribution in [0.1, 0.15) is 40.0 Å². The van der Waals surface area contributed by atoms with E-state index in [2.05, 4.69) is 0 Å². The third-order valence-corrected chi connectivity index (χ3v) is 2.81. The molecule has 1 aliphatic heterocycles. The molecule has 0 aromatic heterocycles. The van der Waals surface area contributed by atoms with Gasteiger partial charge in [-0.05, 0) is 40.0 Å². The number of hydrogen-bond acceptors (Lipinski definition) is 4. The minimum atomic E-state index is -0.469. The van der Waals surface area contributed by atoms with Gasteiger partial charge in [-0.1, -0.05) is 0 Å². The van der Waals surface area contributed by atoms with Gasteiger partial charge in [-0.3, -0.25) is 0 Å². The summed E-state index contributed by atoms with van der Waals surface area (Å²) in [5.74, 6) is 0. The van der Waals surface area contributed by atoms with Crippen molar-refractivity contribution in [2.24, 2.45) is 5.73 Å². The maximum atomic E-state index is 11.9. The van der Waals surface area contributed by atoms with Crippen LogP contribution in [0, 0.1) is 0 Å². The average Bonchev–Trinajstić information content (AvgIpc) is 2.63. The molecule has 2 atom stereocenters. The molecule has 1 amide bonds. The topological polar surface area (TPSA) is 75.8 Å².